The standard InChI is InChI=1S/C14H23NO4S2/c1-2-3-4-5-6-7-11-21(18,19)15-13-9-8-10-14(12-13)20(16)17/h8-10,12,15H,2-7,11H2,1H3,(H,16,17). The SMILES string of the molecule is CCCCCCCCS(=O)(=O)Nc1cccc(S(=O)O)c1. The van der Waals surface area contributed by atoms with E-state index in [1.807, 2.05) is 0 Å². The molecular weight excluding hydrogens is 310 g/mol. The Balaban J connectivity index is 2.45. The van der Waals surface area contributed by atoms with Crippen LogP contribution in [-0.2, 0) is 21.1 Å². The van der Waals surface area contributed by atoms with Gasteiger partial charge in [-0.15, -0.1) is 0 Å². The number of sulfonamides is 1. The average Bonchev–Trinajstić information content (AvgIpc) is 2.42. The van der Waals surface area contributed by atoms with Gasteiger partial charge in [0.2, 0.25) is 10.0 Å². The maximum atomic E-state index is 11.9. The van der Waals surface area contributed by atoms with Crippen molar-refractivity contribution in [3.8, 4) is 0 Å². The van der Waals surface area contributed by atoms with Gasteiger partial charge in [-0.05, 0) is 24.6 Å². The summed E-state index contributed by atoms with van der Waals surface area (Å²) in [7, 11) is -3.40. The Morgan fingerprint density at radius 3 is 2.48 bits per heavy atom. The summed E-state index contributed by atoms with van der Waals surface area (Å²) in [6.45, 7) is 2.14. The molecule has 0 radical (unpaired) electrons. The van der Waals surface area contributed by atoms with Gasteiger partial charge in [-0.25, -0.2) is 12.6 Å². The first kappa shape index (κ1) is 18.1. The van der Waals surface area contributed by atoms with E-state index < -0.39 is 21.1 Å². The predicted molar refractivity (Wildman–Crippen MR) is 86.3 cm³/mol. The van der Waals surface area contributed by atoms with E-state index >= 15 is 0 Å². The molecule has 1 aromatic carbocycles. The summed E-state index contributed by atoms with van der Waals surface area (Å²) in [5, 5.41) is 0. The molecule has 0 amide bonds. The minimum Gasteiger partial charge on any atom is -0.302 e. The largest absolute Gasteiger partial charge is 0.302 e. The highest BCUT2D eigenvalue weighted by molar-refractivity contribution is 7.92. The summed E-state index contributed by atoms with van der Waals surface area (Å²) in [4.78, 5) is 0.176. The van der Waals surface area contributed by atoms with E-state index in [2.05, 4.69) is 11.6 Å². The first-order valence-electron chi connectivity index (χ1n) is 7.16. The second-order valence-corrected chi connectivity index (χ2v) is 7.78. The maximum absolute atomic E-state index is 11.9. The number of benzene rings is 1. The molecular formula is C14H23NO4S2. The van der Waals surface area contributed by atoms with Crippen molar-refractivity contribution in [1.29, 1.82) is 0 Å². The van der Waals surface area contributed by atoms with E-state index in [9.17, 15) is 12.6 Å². The van der Waals surface area contributed by atoms with Crippen molar-refractivity contribution in [2.45, 2.75) is 50.3 Å². The van der Waals surface area contributed by atoms with Crippen LogP contribution in [0, 0.1) is 0 Å². The van der Waals surface area contributed by atoms with Crippen LogP contribution >= 0.6 is 0 Å². The van der Waals surface area contributed by atoms with Crippen LogP contribution in [0.15, 0.2) is 29.2 Å². The van der Waals surface area contributed by atoms with E-state index in [4.69, 9.17) is 4.55 Å². The highest BCUT2D eigenvalue weighted by Crippen LogP contribution is 2.15. The molecule has 1 atom stereocenters. The van der Waals surface area contributed by atoms with Crippen LogP contribution < -0.4 is 4.72 Å². The van der Waals surface area contributed by atoms with Crippen molar-refractivity contribution in [2.75, 3.05) is 10.5 Å². The number of hydrogen-bond donors (Lipinski definition) is 2. The molecule has 0 heterocycles. The van der Waals surface area contributed by atoms with Crippen molar-refractivity contribution in [3.05, 3.63) is 24.3 Å². The summed E-state index contributed by atoms with van der Waals surface area (Å²) in [6.07, 6.45) is 6.10. The van der Waals surface area contributed by atoms with Crippen molar-refractivity contribution in [1.82, 2.24) is 0 Å². The monoisotopic (exact) mass is 333 g/mol. The molecule has 7 heteroatoms. The minimum atomic E-state index is -3.40. The van der Waals surface area contributed by atoms with Gasteiger partial charge in [-0.3, -0.25) is 4.72 Å². The first-order chi connectivity index (χ1) is 9.94. The van der Waals surface area contributed by atoms with Gasteiger partial charge >= 0.3 is 0 Å². The normalized spacial score (nSPS) is 13.0. The van der Waals surface area contributed by atoms with E-state index in [0.29, 0.717) is 12.1 Å². The summed E-state index contributed by atoms with van der Waals surface area (Å²) in [5.41, 5.74) is 0.320. The van der Waals surface area contributed by atoms with Gasteiger partial charge < -0.3 is 4.55 Å². The Kier molecular flexibility index (Phi) is 7.92. The molecule has 0 saturated carbocycles. The average molecular weight is 333 g/mol. The van der Waals surface area contributed by atoms with Crippen LogP contribution in [0.3, 0.4) is 0 Å². The lowest BCUT2D eigenvalue weighted by Crippen LogP contribution is -2.16. The fraction of sp³-hybridized carbons (Fsp3) is 0.571. The summed E-state index contributed by atoms with van der Waals surface area (Å²) < 4.78 is 46.2. The second kappa shape index (κ2) is 9.17. The molecule has 0 spiro atoms. The fourth-order valence-corrected chi connectivity index (χ4v) is 3.57. The van der Waals surface area contributed by atoms with E-state index in [-0.39, 0.29) is 10.6 Å². The molecule has 0 bridgehead atoms. The molecule has 0 aliphatic rings. The highest BCUT2D eigenvalue weighted by Gasteiger charge is 2.11. The zero-order valence-electron chi connectivity index (χ0n) is 12.2. The van der Waals surface area contributed by atoms with Gasteiger partial charge in [-0.1, -0.05) is 45.1 Å². The van der Waals surface area contributed by atoms with Crippen LogP contribution in [0.25, 0.3) is 0 Å². The van der Waals surface area contributed by atoms with Crippen LogP contribution in [0.1, 0.15) is 45.4 Å². The fourth-order valence-electron chi connectivity index (χ4n) is 1.97. The molecule has 0 aliphatic heterocycles. The molecule has 1 aromatic rings. The molecule has 21 heavy (non-hydrogen) atoms. The minimum absolute atomic E-state index is 0.0750. The topological polar surface area (TPSA) is 83.5 Å². The Labute approximate surface area is 129 Å². The molecule has 0 aromatic heterocycles. The van der Waals surface area contributed by atoms with E-state index in [1.165, 1.54) is 25.0 Å². The zero-order chi connectivity index (χ0) is 15.7. The lowest BCUT2D eigenvalue weighted by Gasteiger charge is -2.08. The molecule has 2 N–H and O–H groups in total. The lowest BCUT2D eigenvalue weighted by atomic mass is 10.1. The van der Waals surface area contributed by atoms with Crippen LogP contribution in [0.4, 0.5) is 5.69 Å². The Morgan fingerprint density at radius 1 is 1.14 bits per heavy atom. The third-order valence-corrected chi connectivity index (χ3v) is 5.11. The van der Waals surface area contributed by atoms with Gasteiger partial charge in [0, 0.05) is 5.69 Å². The molecule has 120 valence electrons. The van der Waals surface area contributed by atoms with Crippen molar-refractivity contribution in [3.63, 3.8) is 0 Å². The van der Waals surface area contributed by atoms with Gasteiger partial charge in [-0.2, -0.15) is 0 Å². The van der Waals surface area contributed by atoms with Gasteiger partial charge in [0.1, 0.15) is 0 Å². The predicted octanol–water partition coefficient (Wildman–Crippen LogP) is 3.37. The Morgan fingerprint density at radius 2 is 1.81 bits per heavy atom. The van der Waals surface area contributed by atoms with Crippen LogP contribution in [0.2, 0.25) is 0 Å². The van der Waals surface area contributed by atoms with Gasteiger partial charge in [0.15, 0.2) is 11.1 Å². The highest BCUT2D eigenvalue weighted by atomic mass is 32.2. The number of nitrogens with one attached hydrogen (secondary N) is 1. The Hall–Kier alpha value is -0.920. The van der Waals surface area contributed by atoms with E-state index in [1.54, 1.807) is 12.1 Å². The van der Waals surface area contributed by atoms with Gasteiger partial charge in [0.25, 0.3) is 0 Å². The van der Waals surface area contributed by atoms with Crippen molar-refractivity contribution >= 4 is 26.8 Å². The summed E-state index contributed by atoms with van der Waals surface area (Å²) in [5.74, 6) is 0.0750. The maximum Gasteiger partial charge on any atom is 0.232 e. The summed E-state index contributed by atoms with van der Waals surface area (Å²) in [6, 6.07) is 5.96. The molecule has 0 aliphatic carbocycles. The number of unbranched alkanes of at least 4 members (excludes halogenated alkanes) is 5. The van der Waals surface area contributed by atoms with Crippen LogP contribution in [0.5, 0.6) is 0 Å². The number of hydrogen-bond acceptors (Lipinski definition) is 3. The molecule has 0 fully saturated rings. The number of anilines is 1. The second-order valence-electron chi connectivity index (χ2n) is 4.97. The quantitative estimate of drug-likeness (QED) is 0.508. The zero-order valence-corrected chi connectivity index (χ0v) is 13.9. The lowest BCUT2D eigenvalue weighted by molar-refractivity contribution is 0.564. The first-order valence-corrected chi connectivity index (χ1v) is 9.92. The van der Waals surface area contributed by atoms with E-state index in [0.717, 1.165) is 19.3 Å². The molecule has 1 unspecified atom stereocenters. The molecule has 0 saturated heterocycles. The van der Waals surface area contributed by atoms with Crippen molar-refractivity contribution in [2.24, 2.45) is 0 Å². The number of rotatable bonds is 10. The summed E-state index contributed by atoms with van der Waals surface area (Å²) >= 11 is -2.11. The van der Waals surface area contributed by atoms with Crippen molar-refractivity contribution < 1.29 is 17.2 Å². The molecule has 1 rings (SSSR count). The Bertz CT molecular complexity index is 558. The van der Waals surface area contributed by atoms with Gasteiger partial charge in [0.05, 0.1) is 10.6 Å². The van der Waals surface area contributed by atoms with Crippen LogP contribution in [-0.4, -0.2) is 22.9 Å². The third-order valence-electron chi connectivity index (χ3n) is 3.08. The third kappa shape index (κ3) is 7.59. The smallest absolute Gasteiger partial charge is 0.232 e. The molecule has 5 nitrogen and oxygen atoms in total.